The standard InChI is InChI=1S/C9H10NO3.C5H5.Fe/c11-6-5-9(7-10(12)13)8-3-1-2-4-8;1-2-4-5-3-1;/h1-4,6,9H,5,7H2;1-5H;/q;;+2/t9-;;/m1../s1. The first-order chi connectivity index (χ1) is 8.74. The summed E-state index contributed by atoms with van der Waals surface area (Å²) in [6.45, 7) is -0.178. The van der Waals surface area contributed by atoms with Crippen molar-refractivity contribution in [3.05, 3.63) is 73.8 Å². The van der Waals surface area contributed by atoms with Gasteiger partial charge < -0.3 is 4.79 Å². The van der Waals surface area contributed by atoms with E-state index in [1.807, 2.05) is 44.9 Å². The Kier molecular flexibility index (Phi) is 11.2. The number of nitro groups is 1. The molecule has 100 valence electrons. The van der Waals surface area contributed by atoms with Crippen LogP contribution in [0.4, 0.5) is 0 Å². The van der Waals surface area contributed by atoms with E-state index in [4.69, 9.17) is 0 Å². The van der Waals surface area contributed by atoms with Crippen molar-refractivity contribution >= 4 is 6.29 Å². The number of hydrogen-bond acceptors (Lipinski definition) is 3. The number of aldehydes is 1. The maximum absolute atomic E-state index is 10.3. The molecule has 2 saturated carbocycles. The van der Waals surface area contributed by atoms with Gasteiger partial charge in [0.25, 0.3) is 0 Å². The predicted octanol–water partition coefficient (Wildman–Crippen LogP) is 1.89. The molecule has 0 heterocycles. The maximum Gasteiger partial charge on any atom is 2.00 e. The van der Waals surface area contributed by atoms with Crippen molar-refractivity contribution in [1.82, 2.24) is 0 Å². The van der Waals surface area contributed by atoms with Gasteiger partial charge in [0.1, 0.15) is 6.29 Å². The van der Waals surface area contributed by atoms with Crippen LogP contribution < -0.4 is 0 Å². The van der Waals surface area contributed by atoms with E-state index >= 15 is 0 Å². The van der Waals surface area contributed by atoms with Crippen LogP contribution >= 0.6 is 0 Å². The van der Waals surface area contributed by atoms with Crippen LogP contribution in [-0.4, -0.2) is 17.8 Å². The summed E-state index contributed by atoms with van der Waals surface area (Å²) in [5, 5.41) is 10.3. The van der Waals surface area contributed by atoms with Gasteiger partial charge in [-0.2, -0.15) is 0 Å². The summed E-state index contributed by atoms with van der Waals surface area (Å²) < 4.78 is 0. The average Bonchev–Trinajstić information content (AvgIpc) is 3.04. The summed E-state index contributed by atoms with van der Waals surface area (Å²) in [5.74, 6) is 0.589. The SMILES string of the molecule is O=CC[C@H](C[N+](=O)[O-])[C]1[CH][CH][CH][CH]1.[CH]1[CH][CH][CH][CH]1.[Fe+2]. The molecule has 0 aromatic heterocycles. The van der Waals surface area contributed by atoms with E-state index in [9.17, 15) is 14.9 Å². The Labute approximate surface area is 126 Å². The van der Waals surface area contributed by atoms with Crippen molar-refractivity contribution < 1.29 is 26.8 Å². The normalized spacial score (nSPS) is 20.0. The van der Waals surface area contributed by atoms with Gasteiger partial charge in [0.05, 0.1) is 0 Å². The molecule has 2 fully saturated rings. The molecule has 2 aliphatic carbocycles. The van der Waals surface area contributed by atoms with Crippen LogP contribution in [0.25, 0.3) is 0 Å². The zero-order chi connectivity index (χ0) is 13.2. The zero-order valence-electron chi connectivity index (χ0n) is 10.3. The third-order valence-corrected chi connectivity index (χ3v) is 2.47. The maximum atomic E-state index is 10.3. The Morgan fingerprint density at radius 1 is 1.05 bits per heavy atom. The molecule has 0 aliphatic heterocycles. The Morgan fingerprint density at radius 2 is 1.53 bits per heavy atom. The van der Waals surface area contributed by atoms with Crippen molar-refractivity contribution in [2.45, 2.75) is 6.42 Å². The molecule has 0 aromatic rings. The van der Waals surface area contributed by atoms with Gasteiger partial charge in [-0.25, -0.2) is 0 Å². The second kappa shape index (κ2) is 11.4. The van der Waals surface area contributed by atoms with Crippen molar-refractivity contribution in [3.63, 3.8) is 0 Å². The first kappa shape index (κ1) is 18.6. The van der Waals surface area contributed by atoms with Gasteiger partial charge in [-0.15, -0.1) is 0 Å². The topological polar surface area (TPSA) is 60.2 Å². The Hall–Kier alpha value is -0.411. The van der Waals surface area contributed by atoms with Gasteiger partial charge in [0.2, 0.25) is 6.54 Å². The molecule has 0 saturated heterocycles. The molecule has 0 spiro atoms. The van der Waals surface area contributed by atoms with Crippen LogP contribution in [0.2, 0.25) is 0 Å². The van der Waals surface area contributed by atoms with Crippen molar-refractivity contribution in [2.75, 3.05) is 6.54 Å². The van der Waals surface area contributed by atoms with Gasteiger partial charge in [-0.05, 0) is 63.7 Å². The van der Waals surface area contributed by atoms with Crippen molar-refractivity contribution in [2.24, 2.45) is 5.92 Å². The number of carbonyl (C=O) groups is 1. The Bertz CT molecular complexity index is 243. The van der Waals surface area contributed by atoms with Crippen LogP contribution in [0.15, 0.2) is 0 Å². The summed E-state index contributed by atoms with van der Waals surface area (Å²) in [6.07, 6.45) is 18.2. The molecule has 2 aliphatic rings. The van der Waals surface area contributed by atoms with Crippen LogP contribution in [0.3, 0.4) is 0 Å². The monoisotopic (exact) mass is 301 g/mol. The molecular weight excluding hydrogens is 286 g/mol. The molecule has 0 bridgehead atoms. The third-order valence-electron chi connectivity index (χ3n) is 2.47. The fourth-order valence-electron chi connectivity index (χ4n) is 1.59. The third kappa shape index (κ3) is 8.38. The summed E-state index contributed by atoms with van der Waals surface area (Å²) in [5.41, 5.74) is 0. The molecule has 0 amide bonds. The second-order valence-corrected chi connectivity index (χ2v) is 3.80. The molecule has 10 radical (unpaired) electrons. The first-order valence-corrected chi connectivity index (χ1v) is 5.67. The molecule has 0 aromatic carbocycles. The van der Waals surface area contributed by atoms with Crippen LogP contribution in [0.5, 0.6) is 0 Å². The number of rotatable bonds is 5. The van der Waals surface area contributed by atoms with Gasteiger partial charge in [-0.3, -0.25) is 10.1 Å². The van der Waals surface area contributed by atoms with Gasteiger partial charge in [0.15, 0.2) is 0 Å². The zero-order valence-corrected chi connectivity index (χ0v) is 11.4. The smallest absolute Gasteiger partial charge is 0.303 e. The Balaban J connectivity index is 0.000000454. The summed E-state index contributed by atoms with van der Waals surface area (Å²) in [7, 11) is 0. The quantitative estimate of drug-likeness (QED) is 0.337. The molecular formula is C14H15FeNO3+2. The number of nitrogens with zero attached hydrogens (tertiary/aromatic N) is 1. The van der Waals surface area contributed by atoms with E-state index in [-0.39, 0.29) is 40.9 Å². The summed E-state index contributed by atoms with van der Waals surface area (Å²) in [6, 6.07) is 0. The number of carbonyl (C=O) groups excluding carboxylic acids is 1. The van der Waals surface area contributed by atoms with E-state index in [0.717, 1.165) is 12.2 Å². The molecule has 19 heavy (non-hydrogen) atoms. The van der Waals surface area contributed by atoms with E-state index in [2.05, 4.69) is 0 Å². The second-order valence-electron chi connectivity index (χ2n) is 3.80. The molecule has 5 heteroatoms. The average molecular weight is 301 g/mol. The minimum Gasteiger partial charge on any atom is -0.303 e. The minimum atomic E-state index is -0.388. The molecule has 0 unspecified atom stereocenters. The van der Waals surface area contributed by atoms with Crippen molar-refractivity contribution in [1.29, 1.82) is 0 Å². The predicted molar refractivity (Wildman–Crippen MR) is 68.0 cm³/mol. The largest absolute Gasteiger partial charge is 2.00 e. The number of hydrogen-bond donors (Lipinski definition) is 0. The van der Waals surface area contributed by atoms with Crippen LogP contribution in [0.1, 0.15) is 6.42 Å². The van der Waals surface area contributed by atoms with Crippen LogP contribution in [-0.2, 0) is 21.9 Å². The molecule has 4 nitrogen and oxygen atoms in total. The van der Waals surface area contributed by atoms with Crippen LogP contribution in [0, 0.1) is 79.7 Å². The van der Waals surface area contributed by atoms with E-state index in [1.54, 1.807) is 12.8 Å². The van der Waals surface area contributed by atoms with E-state index < -0.39 is 0 Å². The minimum absolute atomic E-state index is 0. The van der Waals surface area contributed by atoms with Gasteiger partial charge in [0, 0.05) is 17.3 Å². The fourth-order valence-corrected chi connectivity index (χ4v) is 1.59. The molecule has 1 atom stereocenters. The fraction of sp³-hybridized carbons (Fsp3) is 0.214. The molecule has 0 N–H and O–H groups in total. The van der Waals surface area contributed by atoms with Gasteiger partial charge >= 0.3 is 17.1 Å². The van der Waals surface area contributed by atoms with Gasteiger partial charge in [-0.1, -0.05) is 0 Å². The molecule has 2 rings (SSSR count). The Morgan fingerprint density at radius 3 is 1.89 bits per heavy atom. The van der Waals surface area contributed by atoms with Crippen molar-refractivity contribution in [3.8, 4) is 0 Å². The first-order valence-electron chi connectivity index (χ1n) is 5.67. The van der Waals surface area contributed by atoms with E-state index in [0.29, 0.717) is 0 Å². The summed E-state index contributed by atoms with van der Waals surface area (Å²) >= 11 is 0. The summed E-state index contributed by atoms with van der Waals surface area (Å²) in [4.78, 5) is 20.2. The van der Waals surface area contributed by atoms with E-state index in [1.165, 1.54) is 0 Å².